The van der Waals surface area contributed by atoms with Gasteiger partial charge in [0, 0.05) is 24.5 Å². The molecule has 0 aromatic heterocycles. The molecule has 0 spiro atoms. The molecule has 0 bridgehead atoms. The van der Waals surface area contributed by atoms with E-state index in [9.17, 15) is 9.59 Å². The SMILES string of the molecule is CC1CCCC2CC(C(=O)NC3CCNC(=O)C4CCCCC34)NC12. The number of carbonyl (C=O) groups is 2. The Balaban J connectivity index is 1.40. The molecule has 25 heavy (non-hydrogen) atoms. The third-order valence-corrected chi connectivity index (χ3v) is 7.36. The van der Waals surface area contributed by atoms with Gasteiger partial charge in [-0.2, -0.15) is 0 Å². The molecule has 4 aliphatic rings. The Morgan fingerprint density at radius 1 is 1.08 bits per heavy atom. The third kappa shape index (κ3) is 3.44. The van der Waals surface area contributed by atoms with E-state index in [0.29, 0.717) is 30.3 Å². The molecule has 4 rings (SSSR count). The maximum absolute atomic E-state index is 13.0. The van der Waals surface area contributed by atoms with Crippen LogP contribution in [-0.4, -0.2) is 36.5 Å². The molecule has 7 unspecified atom stereocenters. The first kappa shape index (κ1) is 17.3. The van der Waals surface area contributed by atoms with Crippen molar-refractivity contribution in [3.05, 3.63) is 0 Å². The minimum Gasteiger partial charge on any atom is -0.356 e. The molecule has 2 amide bonds. The molecule has 140 valence electrons. The van der Waals surface area contributed by atoms with Gasteiger partial charge in [-0.3, -0.25) is 9.59 Å². The van der Waals surface area contributed by atoms with Crippen LogP contribution in [0.1, 0.15) is 64.7 Å². The van der Waals surface area contributed by atoms with Crippen molar-refractivity contribution in [2.75, 3.05) is 6.54 Å². The molecule has 2 heterocycles. The Hall–Kier alpha value is -1.10. The molecular formula is C20H33N3O2. The van der Waals surface area contributed by atoms with Crippen molar-refractivity contribution in [2.45, 2.75) is 82.8 Å². The zero-order valence-electron chi connectivity index (χ0n) is 15.4. The lowest BCUT2D eigenvalue weighted by Crippen LogP contribution is -2.51. The summed E-state index contributed by atoms with van der Waals surface area (Å²) in [4.78, 5) is 25.3. The van der Waals surface area contributed by atoms with Crippen molar-refractivity contribution in [3.8, 4) is 0 Å². The highest BCUT2D eigenvalue weighted by molar-refractivity contribution is 5.83. The smallest absolute Gasteiger partial charge is 0.237 e. The largest absolute Gasteiger partial charge is 0.356 e. The highest BCUT2D eigenvalue weighted by Gasteiger charge is 2.43. The molecule has 5 nitrogen and oxygen atoms in total. The molecule has 2 aliphatic heterocycles. The Bertz CT molecular complexity index is 523. The van der Waals surface area contributed by atoms with Crippen LogP contribution in [0.4, 0.5) is 0 Å². The molecule has 0 aromatic carbocycles. The summed E-state index contributed by atoms with van der Waals surface area (Å²) in [5.41, 5.74) is 0. The predicted molar refractivity (Wildman–Crippen MR) is 96.8 cm³/mol. The van der Waals surface area contributed by atoms with Crippen LogP contribution >= 0.6 is 0 Å². The summed E-state index contributed by atoms with van der Waals surface area (Å²) in [6.45, 7) is 3.01. The molecule has 2 saturated carbocycles. The summed E-state index contributed by atoms with van der Waals surface area (Å²) >= 11 is 0. The van der Waals surface area contributed by atoms with Crippen molar-refractivity contribution >= 4 is 11.8 Å². The molecule has 4 fully saturated rings. The van der Waals surface area contributed by atoms with Crippen LogP contribution in [0.25, 0.3) is 0 Å². The van der Waals surface area contributed by atoms with Gasteiger partial charge in [0.15, 0.2) is 0 Å². The molecule has 3 N–H and O–H groups in total. The van der Waals surface area contributed by atoms with E-state index in [4.69, 9.17) is 0 Å². The van der Waals surface area contributed by atoms with Crippen molar-refractivity contribution in [2.24, 2.45) is 23.7 Å². The Labute approximate surface area is 151 Å². The van der Waals surface area contributed by atoms with Crippen LogP contribution in [0.3, 0.4) is 0 Å². The van der Waals surface area contributed by atoms with Gasteiger partial charge in [-0.25, -0.2) is 0 Å². The third-order valence-electron chi connectivity index (χ3n) is 7.36. The fourth-order valence-electron chi connectivity index (χ4n) is 6.00. The summed E-state index contributed by atoms with van der Waals surface area (Å²) in [6, 6.07) is 0.632. The predicted octanol–water partition coefficient (Wildman–Crippen LogP) is 1.96. The second-order valence-electron chi connectivity index (χ2n) is 8.90. The van der Waals surface area contributed by atoms with E-state index in [1.807, 2.05) is 0 Å². The fraction of sp³-hybridized carbons (Fsp3) is 0.900. The number of hydrogen-bond donors (Lipinski definition) is 3. The average molecular weight is 348 g/mol. The van der Waals surface area contributed by atoms with Crippen molar-refractivity contribution in [1.29, 1.82) is 0 Å². The van der Waals surface area contributed by atoms with Crippen LogP contribution in [0.5, 0.6) is 0 Å². The first-order valence-electron chi connectivity index (χ1n) is 10.5. The molecule has 7 atom stereocenters. The second-order valence-corrected chi connectivity index (χ2v) is 8.90. The Kier molecular flexibility index (Phi) is 5.03. The monoisotopic (exact) mass is 347 g/mol. The Morgan fingerprint density at radius 2 is 1.92 bits per heavy atom. The summed E-state index contributed by atoms with van der Waals surface area (Å²) in [5, 5.41) is 10.0. The van der Waals surface area contributed by atoms with Crippen molar-refractivity contribution in [3.63, 3.8) is 0 Å². The van der Waals surface area contributed by atoms with E-state index in [1.54, 1.807) is 0 Å². The van der Waals surface area contributed by atoms with Gasteiger partial charge in [-0.1, -0.05) is 26.2 Å². The lowest BCUT2D eigenvalue weighted by Gasteiger charge is -2.34. The number of carbonyl (C=O) groups excluding carboxylic acids is 2. The summed E-state index contributed by atoms with van der Waals surface area (Å²) in [5.74, 6) is 2.15. The van der Waals surface area contributed by atoms with E-state index >= 15 is 0 Å². The van der Waals surface area contributed by atoms with Crippen LogP contribution < -0.4 is 16.0 Å². The quantitative estimate of drug-likeness (QED) is 0.715. The molecule has 0 radical (unpaired) electrons. The maximum atomic E-state index is 13.0. The summed E-state index contributed by atoms with van der Waals surface area (Å²) in [7, 11) is 0. The van der Waals surface area contributed by atoms with Gasteiger partial charge in [0.25, 0.3) is 0 Å². The zero-order valence-corrected chi connectivity index (χ0v) is 15.4. The van der Waals surface area contributed by atoms with Gasteiger partial charge < -0.3 is 16.0 Å². The number of rotatable bonds is 2. The molecule has 2 aliphatic carbocycles. The molecule has 5 heteroatoms. The van der Waals surface area contributed by atoms with Crippen molar-refractivity contribution < 1.29 is 9.59 Å². The van der Waals surface area contributed by atoms with Crippen LogP contribution in [-0.2, 0) is 9.59 Å². The van der Waals surface area contributed by atoms with E-state index < -0.39 is 0 Å². The minimum absolute atomic E-state index is 0.0375. The van der Waals surface area contributed by atoms with Gasteiger partial charge in [0.2, 0.25) is 11.8 Å². The standard InChI is InChI=1S/C20H33N3O2/c1-12-5-4-6-13-11-17(22-18(12)13)20(25)23-16-9-10-21-19(24)15-8-3-2-7-14(15)16/h12-18,22H,2-11H2,1H3,(H,21,24)(H,23,25). The highest BCUT2D eigenvalue weighted by Crippen LogP contribution is 2.38. The Morgan fingerprint density at radius 3 is 2.76 bits per heavy atom. The average Bonchev–Trinajstić information content (AvgIpc) is 3.00. The molecule has 2 saturated heterocycles. The lowest BCUT2D eigenvalue weighted by molar-refractivity contribution is -0.129. The lowest BCUT2D eigenvalue weighted by atomic mass is 9.74. The number of hydrogen-bond acceptors (Lipinski definition) is 3. The molecule has 0 aromatic rings. The second kappa shape index (κ2) is 7.26. The first-order chi connectivity index (χ1) is 12.1. The van der Waals surface area contributed by atoms with Crippen molar-refractivity contribution in [1.82, 2.24) is 16.0 Å². The topological polar surface area (TPSA) is 70.2 Å². The number of amides is 2. The van der Waals surface area contributed by atoms with E-state index in [0.717, 1.165) is 32.1 Å². The van der Waals surface area contributed by atoms with Crippen LogP contribution in [0, 0.1) is 23.7 Å². The van der Waals surface area contributed by atoms with Gasteiger partial charge in [0.05, 0.1) is 6.04 Å². The minimum atomic E-state index is -0.0375. The van der Waals surface area contributed by atoms with Gasteiger partial charge >= 0.3 is 0 Å². The van der Waals surface area contributed by atoms with E-state index in [2.05, 4.69) is 22.9 Å². The van der Waals surface area contributed by atoms with Gasteiger partial charge in [-0.05, 0) is 56.3 Å². The highest BCUT2D eigenvalue weighted by atomic mass is 16.2. The van der Waals surface area contributed by atoms with Gasteiger partial charge in [-0.15, -0.1) is 0 Å². The van der Waals surface area contributed by atoms with Crippen LogP contribution in [0.2, 0.25) is 0 Å². The summed E-state index contributed by atoms with van der Waals surface area (Å²) < 4.78 is 0. The zero-order chi connectivity index (χ0) is 17.4. The fourth-order valence-corrected chi connectivity index (χ4v) is 6.00. The number of nitrogens with one attached hydrogen (secondary N) is 3. The normalized spacial score (nSPS) is 44.2. The van der Waals surface area contributed by atoms with Gasteiger partial charge in [0.1, 0.15) is 0 Å². The maximum Gasteiger partial charge on any atom is 0.237 e. The van der Waals surface area contributed by atoms with E-state index in [-0.39, 0.29) is 29.8 Å². The van der Waals surface area contributed by atoms with Crippen LogP contribution in [0.15, 0.2) is 0 Å². The first-order valence-corrected chi connectivity index (χ1v) is 10.5. The summed E-state index contributed by atoms with van der Waals surface area (Å²) in [6.07, 6.45) is 10.1. The molecular weight excluding hydrogens is 314 g/mol. The van der Waals surface area contributed by atoms with E-state index in [1.165, 1.54) is 25.7 Å². The number of fused-ring (bicyclic) bond motifs is 2.